The van der Waals surface area contributed by atoms with Crippen LogP contribution >= 0.6 is 0 Å². The fraction of sp³-hybridized carbons (Fsp3) is 0.318. The summed E-state index contributed by atoms with van der Waals surface area (Å²) in [5.74, 6) is -1.00. The smallest absolute Gasteiger partial charge is 0.243 e. The fourth-order valence-corrected chi connectivity index (χ4v) is 3.36. The third-order valence-electron chi connectivity index (χ3n) is 4.90. The van der Waals surface area contributed by atoms with Crippen molar-refractivity contribution in [2.45, 2.75) is 26.3 Å². The van der Waals surface area contributed by atoms with Crippen LogP contribution in [0.25, 0.3) is 0 Å². The lowest BCUT2D eigenvalue weighted by atomic mass is 10.1. The molecule has 1 heterocycles. The van der Waals surface area contributed by atoms with Crippen molar-refractivity contribution in [1.82, 2.24) is 10.2 Å². The minimum Gasteiger partial charge on any atom is -0.347 e. The maximum absolute atomic E-state index is 12.4. The Labute approximate surface area is 164 Å². The molecule has 1 aliphatic heterocycles. The molecule has 3 amide bonds. The Bertz CT molecular complexity index is 851. The number of rotatable bonds is 7. The number of likely N-dealkylation sites (tertiary alicyclic amines) is 1. The lowest BCUT2D eigenvalue weighted by Crippen LogP contribution is -2.38. The quantitative estimate of drug-likeness (QED) is 0.775. The van der Waals surface area contributed by atoms with Crippen molar-refractivity contribution in [2.75, 3.05) is 18.4 Å². The molecule has 0 aromatic heterocycles. The molecule has 1 fully saturated rings. The summed E-state index contributed by atoms with van der Waals surface area (Å²) in [4.78, 5) is 38.5. The molecule has 0 saturated carbocycles. The number of benzene rings is 2. The fourth-order valence-electron chi connectivity index (χ4n) is 3.36. The average molecular weight is 379 g/mol. The summed E-state index contributed by atoms with van der Waals surface area (Å²) in [5.41, 5.74) is 2.83. The lowest BCUT2D eigenvalue weighted by molar-refractivity contribution is -0.129. The van der Waals surface area contributed by atoms with Crippen molar-refractivity contribution in [3.63, 3.8) is 0 Å². The standard InChI is InChI=1S/C22H25N3O3/c1-2-17-10-6-7-11-19(17)24-20(26)13-23-22(28)18-12-21(27)25(15-18)14-16-8-4-3-5-9-16/h3-11,18H,2,12-15H2,1H3,(H,23,28)(H,24,26). The van der Waals surface area contributed by atoms with E-state index in [9.17, 15) is 14.4 Å². The van der Waals surface area contributed by atoms with Crippen LogP contribution in [0.4, 0.5) is 5.69 Å². The van der Waals surface area contributed by atoms with Crippen LogP contribution in [0, 0.1) is 5.92 Å². The lowest BCUT2D eigenvalue weighted by Gasteiger charge is -2.16. The predicted octanol–water partition coefficient (Wildman–Crippen LogP) is 2.35. The van der Waals surface area contributed by atoms with Crippen LogP contribution < -0.4 is 10.6 Å². The zero-order chi connectivity index (χ0) is 19.9. The molecule has 0 spiro atoms. The number of nitrogens with one attached hydrogen (secondary N) is 2. The van der Waals surface area contributed by atoms with Gasteiger partial charge in [0.2, 0.25) is 17.7 Å². The van der Waals surface area contributed by atoms with E-state index in [1.165, 1.54) is 0 Å². The normalized spacial score (nSPS) is 16.1. The van der Waals surface area contributed by atoms with Gasteiger partial charge in [-0.05, 0) is 23.6 Å². The van der Waals surface area contributed by atoms with Crippen LogP contribution in [0.2, 0.25) is 0 Å². The minimum absolute atomic E-state index is 0.0367. The SMILES string of the molecule is CCc1ccccc1NC(=O)CNC(=O)C1CC(=O)N(Cc2ccccc2)C1. The maximum atomic E-state index is 12.4. The zero-order valence-electron chi connectivity index (χ0n) is 16.0. The summed E-state index contributed by atoms with van der Waals surface area (Å²) in [6, 6.07) is 17.3. The van der Waals surface area contributed by atoms with Crippen LogP contribution in [0.15, 0.2) is 54.6 Å². The first-order chi connectivity index (χ1) is 13.6. The van der Waals surface area contributed by atoms with E-state index in [1.807, 2.05) is 61.5 Å². The highest BCUT2D eigenvalue weighted by molar-refractivity contribution is 5.96. The number of carbonyl (C=O) groups is 3. The van der Waals surface area contributed by atoms with E-state index >= 15 is 0 Å². The van der Waals surface area contributed by atoms with E-state index in [-0.39, 0.29) is 30.7 Å². The summed E-state index contributed by atoms with van der Waals surface area (Å²) in [6.45, 7) is 2.78. The number of hydrogen-bond acceptors (Lipinski definition) is 3. The molecule has 0 aliphatic carbocycles. The summed E-state index contributed by atoms with van der Waals surface area (Å²) >= 11 is 0. The third kappa shape index (κ3) is 4.97. The van der Waals surface area contributed by atoms with Crippen molar-refractivity contribution >= 4 is 23.4 Å². The summed E-state index contributed by atoms with van der Waals surface area (Å²) in [7, 11) is 0. The van der Waals surface area contributed by atoms with Gasteiger partial charge in [0.1, 0.15) is 0 Å². The van der Waals surface area contributed by atoms with Crippen molar-refractivity contribution < 1.29 is 14.4 Å². The molecule has 1 unspecified atom stereocenters. The number of amides is 3. The first-order valence-corrected chi connectivity index (χ1v) is 9.54. The van der Waals surface area contributed by atoms with Gasteiger partial charge in [-0.3, -0.25) is 14.4 Å². The molecular formula is C22H25N3O3. The molecule has 1 atom stereocenters. The van der Waals surface area contributed by atoms with Gasteiger partial charge >= 0.3 is 0 Å². The number of hydrogen-bond donors (Lipinski definition) is 2. The van der Waals surface area contributed by atoms with Crippen molar-refractivity contribution in [1.29, 1.82) is 0 Å². The molecule has 1 aliphatic rings. The molecule has 28 heavy (non-hydrogen) atoms. The van der Waals surface area contributed by atoms with Crippen LogP contribution in [0.1, 0.15) is 24.5 Å². The molecule has 3 rings (SSSR count). The highest BCUT2D eigenvalue weighted by atomic mass is 16.2. The van der Waals surface area contributed by atoms with E-state index in [2.05, 4.69) is 10.6 Å². The van der Waals surface area contributed by atoms with Gasteiger partial charge in [-0.25, -0.2) is 0 Å². The predicted molar refractivity (Wildman–Crippen MR) is 107 cm³/mol. The Balaban J connectivity index is 1.48. The second-order valence-corrected chi connectivity index (χ2v) is 6.94. The Morgan fingerprint density at radius 1 is 1.07 bits per heavy atom. The second-order valence-electron chi connectivity index (χ2n) is 6.94. The van der Waals surface area contributed by atoms with E-state index in [0.717, 1.165) is 23.2 Å². The van der Waals surface area contributed by atoms with E-state index in [1.54, 1.807) is 4.90 Å². The summed E-state index contributed by atoms with van der Waals surface area (Å²) in [5, 5.41) is 5.48. The largest absolute Gasteiger partial charge is 0.347 e. The molecule has 6 heteroatoms. The molecule has 2 aromatic rings. The van der Waals surface area contributed by atoms with E-state index in [4.69, 9.17) is 0 Å². The van der Waals surface area contributed by atoms with Crippen molar-refractivity contribution in [3.8, 4) is 0 Å². The monoisotopic (exact) mass is 379 g/mol. The highest BCUT2D eigenvalue weighted by Crippen LogP contribution is 2.20. The van der Waals surface area contributed by atoms with E-state index in [0.29, 0.717) is 13.1 Å². The minimum atomic E-state index is -0.424. The van der Waals surface area contributed by atoms with Crippen molar-refractivity contribution in [3.05, 3.63) is 65.7 Å². The Morgan fingerprint density at radius 3 is 2.54 bits per heavy atom. The van der Waals surface area contributed by atoms with Gasteiger partial charge in [0.15, 0.2) is 0 Å². The van der Waals surface area contributed by atoms with Crippen molar-refractivity contribution in [2.24, 2.45) is 5.92 Å². The summed E-state index contributed by atoms with van der Waals surface area (Å²) in [6.07, 6.45) is 0.989. The molecule has 0 bridgehead atoms. The third-order valence-corrected chi connectivity index (χ3v) is 4.90. The Morgan fingerprint density at radius 2 is 1.79 bits per heavy atom. The van der Waals surface area contributed by atoms with Crippen LogP contribution in [-0.2, 0) is 27.3 Å². The number of para-hydroxylation sites is 1. The van der Waals surface area contributed by atoms with Gasteiger partial charge in [-0.15, -0.1) is 0 Å². The van der Waals surface area contributed by atoms with Crippen LogP contribution in [0.3, 0.4) is 0 Å². The molecular weight excluding hydrogens is 354 g/mol. The number of aryl methyl sites for hydroxylation is 1. The average Bonchev–Trinajstić information content (AvgIpc) is 3.08. The molecule has 2 aromatic carbocycles. The molecule has 6 nitrogen and oxygen atoms in total. The Kier molecular flexibility index (Phi) is 6.42. The van der Waals surface area contributed by atoms with Gasteiger partial charge in [-0.1, -0.05) is 55.5 Å². The molecule has 146 valence electrons. The van der Waals surface area contributed by atoms with E-state index < -0.39 is 5.92 Å². The number of carbonyl (C=O) groups excluding carboxylic acids is 3. The molecule has 1 saturated heterocycles. The first-order valence-electron chi connectivity index (χ1n) is 9.54. The molecule has 2 N–H and O–H groups in total. The first kappa shape index (κ1) is 19.6. The van der Waals surface area contributed by atoms with Gasteiger partial charge in [0.25, 0.3) is 0 Å². The summed E-state index contributed by atoms with van der Waals surface area (Å²) < 4.78 is 0. The zero-order valence-corrected chi connectivity index (χ0v) is 16.0. The Hall–Kier alpha value is -3.15. The highest BCUT2D eigenvalue weighted by Gasteiger charge is 2.34. The van der Waals surface area contributed by atoms with Gasteiger partial charge in [0, 0.05) is 25.2 Å². The van der Waals surface area contributed by atoms with Crippen LogP contribution in [0.5, 0.6) is 0 Å². The maximum Gasteiger partial charge on any atom is 0.243 e. The number of anilines is 1. The topological polar surface area (TPSA) is 78.5 Å². The number of nitrogens with zero attached hydrogens (tertiary/aromatic N) is 1. The van der Waals surface area contributed by atoms with Gasteiger partial charge in [0.05, 0.1) is 12.5 Å². The van der Waals surface area contributed by atoms with Gasteiger partial charge < -0.3 is 15.5 Å². The molecule has 0 radical (unpaired) electrons. The van der Waals surface area contributed by atoms with Gasteiger partial charge in [-0.2, -0.15) is 0 Å². The van der Waals surface area contributed by atoms with Crippen LogP contribution in [-0.4, -0.2) is 35.7 Å². The second kappa shape index (κ2) is 9.17.